The molecular weight excluding hydrogens is 478 g/mol. The van der Waals surface area contributed by atoms with Gasteiger partial charge in [-0.05, 0) is 0 Å². The molecule has 0 bridgehead atoms. The molecule has 8 heteroatoms. The summed E-state index contributed by atoms with van der Waals surface area (Å²) in [6, 6.07) is 13.7. The van der Waals surface area contributed by atoms with Crippen molar-refractivity contribution < 1.29 is 9.85 Å². The number of para-hydroxylation sites is 2. The Bertz CT molecular complexity index is 814. The second-order valence-corrected chi connectivity index (χ2v) is 10.2. The Morgan fingerprint density at radius 2 is 1.26 bits per heavy atom. The number of nitrogens with zero attached hydrogens (tertiary/aromatic N) is 2. The van der Waals surface area contributed by atoms with Crippen molar-refractivity contribution in [3.63, 3.8) is 0 Å². The molecule has 0 radical (unpaired) electrons. The second kappa shape index (κ2) is 10.8. The van der Waals surface area contributed by atoms with E-state index in [1.54, 1.807) is 12.1 Å². The van der Waals surface area contributed by atoms with Crippen LogP contribution in [0.4, 0.5) is 11.4 Å². The Balaban J connectivity index is 1.85. The molecule has 6 nitrogen and oxygen atoms in total. The molecule has 2 rings (SSSR count). The van der Waals surface area contributed by atoms with Crippen LogP contribution in [0.1, 0.15) is 12.8 Å². The molecule has 0 amide bonds. The molecule has 0 heterocycles. The van der Waals surface area contributed by atoms with Crippen LogP contribution >= 0.6 is 0 Å². The molecule has 0 atom stereocenters. The monoisotopic (exact) mass is 498 g/mol. The van der Waals surface area contributed by atoms with E-state index in [2.05, 4.69) is 12.3 Å². The van der Waals surface area contributed by atoms with Crippen molar-refractivity contribution in [3.8, 4) is 0 Å². The Hall–Kier alpha value is -2.20. The van der Waals surface area contributed by atoms with Crippen molar-refractivity contribution in [3.05, 3.63) is 86.6 Å². The van der Waals surface area contributed by atoms with E-state index in [0.29, 0.717) is 0 Å². The van der Waals surface area contributed by atoms with Crippen LogP contribution < -0.4 is 8.92 Å². The van der Waals surface area contributed by atoms with Crippen LogP contribution in [-0.2, 0) is 0 Å². The normalized spacial score (nSPS) is 10.2. The number of hydrogen-bond donors (Lipinski definition) is 0. The fourth-order valence-corrected chi connectivity index (χ4v) is 6.67. The molecule has 0 aliphatic heterocycles. The third-order valence-electron chi connectivity index (χ3n) is 3.70. The number of allylic oxidation sites excluding steroid dienone is 1. The van der Waals surface area contributed by atoms with Gasteiger partial charge in [-0.25, -0.2) is 0 Å². The van der Waals surface area contributed by atoms with Gasteiger partial charge in [0.15, 0.2) is 0 Å². The molecule has 0 aromatic heterocycles. The number of hydrogen-bond acceptors (Lipinski definition) is 4. The zero-order valence-corrected chi connectivity index (χ0v) is 17.9. The quantitative estimate of drug-likeness (QED) is 0.219. The van der Waals surface area contributed by atoms with Gasteiger partial charge in [0.25, 0.3) is 0 Å². The van der Waals surface area contributed by atoms with Crippen molar-refractivity contribution in [1.29, 1.82) is 0 Å². The van der Waals surface area contributed by atoms with Gasteiger partial charge in [-0.2, -0.15) is 0 Å². The molecule has 2 aromatic carbocycles. The van der Waals surface area contributed by atoms with Crippen LogP contribution in [0.3, 0.4) is 0 Å². The van der Waals surface area contributed by atoms with E-state index in [-0.39, 0.29) is 51.1 Å². The molecule has 2 aromatic rings. The molecule has 0 unspecified atom stereocenters. The van der Waals surface area contributed by atoms with Crippen molar-refractivity contribution in [2.75, 3.05) is 0 Å². The Kier molecular flexibility index (Phi) is 8.46. The fraction of sp³-hybridized carbons (Fsp3) is 0.211. The average molecular weight is 496 g/mol. The van der Waals surface area contributed by atoms with Gasteiger partial charge in [0, 0.05) is 0 Å². The topological polar surface area (TPSA) is 86.3 Å². The van der Waals surface area contributed by atoms with Gasteiger partial charge in [0.2, 0.25) is 0 Å². The predicted molar refractivity (Wildman–Crippen MR) is 108 cm³/mol. The summed E-state index contributed by atoms with van der Waals surface area (Å²) in [4.78, 5) is 21.5. The molecule has 0 aliphatic carbocycles. The van der Waals surface area contributed by atoms with Crippen LogP contribution in [0.15, 0.2) is 66.4 Å². The van der Waals surface area contributed by atoms with Crippen molar-refractivity contribution in [1.82, 2.24) is 0 Å². The fourth-order valence-electron chi connectivity index (χ4n) is 2.33. The maximum atomic E-state index is 11.1. The molecular formula is C19H18N2O4Se2. The average Bonchev–Trinajstić information content (AvgIpc) is 2.67. The summed E-state index contributed by atoms with van der Waals surface area (Å²) in [6.07, 6.45) is 1.59. The Morgan fingerprint density at radius 3 is 1.63 bits per heavy atom. The second-order valence-electron chi connectivity index (χ2n) is 5.43. The van der Waals surface area contributed by atoms with E-state index >= 15 is 0 Å². The third-order valence-corrected chi connectivity index (χ3v) is 8.16. The first-order valence-electron chi connectivity index (χ1n) is 8.13. The predicted octanol–water partition coefficient (Wildman–Crippen LogP) is 3.19. The van der Waals surface area contributed by atoms with Crippen LogP contribution in [0.25, 0.3) is 0 Å². The van der Waals surface area contributed by atoms with Crippen molar-refractivity contribution in [2.24, 2.45) is 0 Å². The van der Waals surface area contributed by atoms with Gasteiger partial charge >= 0.3 is 170 Å². The molecule has 0 saturated heterocycles. The van der Waals surface area contributed by atoms with Crippen LogP contribution in [0.2, 0.25) is 10.6 Å². The summed E-state index contributed by atoms with van der Waals surface area (Å²) in [5, 5.41) is 23.8. The minimum atomic E-state index is -0.337. The minimum absolute atomic E-state index is 0.00905. The van der Waals surface area contributed by atoms with E-state index in [0.717, 1.165) is 38.0 Å². The first-order valence-corrected chi connectivity index (χ1v) is 12.3. The maximum absolute atomic E-state index is 11.1. The number of nitro benzene ring substituents is 2. The number of benzene rings is 2. The zero-order chi connectivity index (χ0) is 19.6. The van der Waals surface area contributed by atoms with Crippen LogP contribution in [0.5, 0.6) is 0 Å². The first-order chi connectivity index (χ1) is 13.0. The summed E-state index contributed by atoms with van der Waals surface area (Å²) >= 11 is 0.0181. The van der Waals surface area contributed by atoms with E-state index < -0.39 is 0 Å². The number of rotatable bonds is 10. The van der Waals surface area contributed by atoms with E-state index in [4.69, 9.17) is 0 Å². The van der Waals surface area contributed by atoms with E-state index in [1.807, 2.05) is 24.3 Å². The van der Waals surface area contributed by atoms with Gasteiger partial charge in [-0.3, -0.25) is 0 Å². The molecule has 27 heavy (non-hydrogen) atoms. The standard InChI is InChI=1S/C19H18N2O4Se2/c1-2-15(11-13-26-18-9-5-3-7-16(18)20(22)23)12-14-27-19-10-6-4-8-17(19)21(24)25/h3-10H,1,11-14H2. The van der Waals surface area contributed by atoms with Gasteiger partial charge in [0.1, 0.15) is 0 Å². The van der Waals surface area contributed by atoms with E-state index in [1.165, 1.54) is 12.1 Å². The summed E-state index contributed by atoms with van der Waals surface area (Å²) in [5.41, 5.74) is 4.41. The van der Waals surface area contributed by atoms with Crippen molar-refractivity contribution >= 4 is 50.2 Å². The van der Waals surface area contributed by atoms with Gasteiger partial charge in [-0.1, -0.05) is 0 Å². The molecule has 0 fully saturated rings. The van der Waals surface area contributed by atoms with Gasteiger partial charge < -0.3 is 0 Å². The molecule has 0 saturated carbocycles. The first kappa shape index (κ1) is 21.1. The third kappa shape index (κ3) is 6.47. The summed E-state index contributed by atoms with van der Waals surface area (Å²) in [7, 11) is 0. The summed E-state index contributed by atoms with van der Waals surface area (Å²) < 4.78 is 1.59. The SMILES string of the molecule is C=C=C(CC[Se]c1ccccc1[N+](=O)[O-])CC[Se]c1ccccc1[N+](=O)[O-]. The van der Waals surface area contributed by atoms with Crippen LogP contribution in [-0.4, -0.2) is 39.8 Å². The molecule has 0 spiro atoms. The van der Waals surface area contributed by atoms with Gasteiger partial charge in [-0.15, -0.1) is 0 Å². The van der Waals surface area contributed by atoms with Gasteiger partial charge in [0.05, 0.1) is 0 Å². The molecule has 0 N–H and O–H groups in total. The van der Waals surface area contributed by atoms with Crippen molar-refractivity contribution in [2.45, 2.75) is 23.5 Å². The summed E-state index contributed by atoms with van der Waals surface area (Å²) in [6.45, 7) is 3.74. The number of nitro groups is 2. The molecule has 140 valence electrons. The molecule has 0 aliphatic rings. The van der Waals surface area contributed by atoms with E-state index in [9.17, 15) is 20.2 Å². The zero-order valence-electron chi connectivity index (χ0n) is 14.5. The van der Waals surface area contributed by atoms with Crippen LogP contribution in [0, 0.1) is 20.2 Å². The Morgan fingerprint density at radius 1 is 0.852 bits per heavy atom. The summed E-state index contributed by atoms with van der Waals surface area (Å²) in [5.74, 6) is 0. The Labute approximate surface area is 170 Å².